The number of anilines is 2. The Morgan fingerprint density at radius 3 is 2.10 bits per heavy atom. The maximum Gasteiger partial charge on any atom is 0.282 e. The second kappa shape index (κ2) is 7.88. The van der Waals surface area contributed by atoms with E-state index in [0.717, 1.165) is 39.1 Å². The van der Waals surface area contributed by atoms with E-state index in [1.165, 1.54) is 4.90 Å². The van der Waals surface area contributed by atoms with E-state index >= 15 is 0 Å². The van der Waals surface area contributed by atoms with E-state index < -0.39 is 0 Å². The van der Waals surface area contributed by atoms with Gasteiger partial charge in [-0.3, -0.25) is 9.59 Å². The molecule has 0 atom stereocenters. The van der Waals surface area contributed by atoms with Crippen molar-refractivity contribution >= 4 is 28.8 Å². The molecule has 0 saturated heterocycles. The summed E-state index contributed by atoms with van der Waals surface area (Å²) in [4.78, 5) is 28.6. The number of hydrogen-bond acceptors (Lipinski definition) is 3. The number of carbonyl (C=O) groups excluding carboxylic acids is 2. The molecule has 0 unspecified atom stereocenters. The predicted molar refractivity (Wildman–Crippen MR) is 126 cm³/mol. The van der Waals surface area contributed by atoms with Crippen molar-refractivity contribution in [2.75, 3.05) is 10.2 Å². The summed E-state index contributed by atoms with van der Waals surface area (Å²) >= 11 is 0. The van der Waals surface area contributed by atoms with Gasteiger partial charge < -0.3 is 5.32 Å². The molecule has 2 amide bonds. The van der Waals surface area contributed by atoms with Gasteiger partial charge in [0, 0.05) is 5.69 Å². The molecule has 31 heavy (non-hydrogen) atoms. The molecule has 1 aliphatic rings. The first-order chi connectivity index (χ1) is 14.8. The number of carbonyl (C=O) groups is 2. The quantitative estimate of drug-likeness (QED) is 0.568. The predicted octanol–water partition coefficient (Wildman–Crippen LogP) is 5.63. The summed E-state index contributed by atoms with van der Waals surface area (Å²) in [6.45, 7) is 9.89. The lowest BCUT2D eigenvalue weighted by atomic mass is 9.99. The zero-order valence-corrected chi connectivity index (χ0v) is 18.5. The molecule has 0 radical (unpaired) electrons. The summed E-state index contributed by atoms with van der Waals surface area (Å²) in [5.74, 6) is -0.645. The van der Waals surface area contributed by atoms with E-state index in [0.29, 0.717) is 17.0 Å². The molecule has 0 spiro atoms. The molecule has 4 heteroatoms. The third-order valence-electron chi connectivity index (χ3n) is 5.89. The lowest BCUT2D eigenvalue weighted by Gasteiger charge is -2.18. The maximum atomic E-state index is 13.7. The first kappa shape index (κ1) is 20.6. The van der Waals surface area contributed by atoms with E-state index in [1.54, 1.807) is 0 Å². The van der Waals surface area contributed by atoms with Crippen LogP contribution in [0.1, 0.15) is 33.4 Å². The summed E-state index contributed by atoms with van der Waals surface area (Å²) in [7, 11) is 0. The van der Waals surface area contributed by atoms with Crippen LogP contribution in [0.4, 0.5) is 11.4 Å². The van der Waals surface area contributed by atoms with Gasteiger partial charge >= 0.3 is 0 Å². The molecule has 4 rings (SSSR count). The Kier molecular flexibility index (Phi) is 5.24. The summed E-state index contributed by atoms with van der Waals surface area (Å²) in [5.41, 5.74) is 7.97. The Labute approximate surface area is 183 Å². The van der Waals surface area contributed by atoms with Gasteiger partial charge in [-0.25, -0.2) is 4.90 Å². The molecule has 1 heterocycles. The monoisotopic (exact) mass is 410 g/mol. The highest BCUT2D eigenvalue weighted by molar-refractivity contribution is 6.46. The van der Waals surface area contributed by atoms with E-state index in [-0.39, 0.29) is 11.8 Å². The second-order valence-electron chi connectivity index (χ2n) is 8.22. The maximum absolute atomic E-state index is 13.7. The average molecular weight is 411 g/mol. The Hall–Kier alpha value is -3.66. The number of hydrogen-bond donors (Lipinski definition) is 1. The molecule has 156 valence electrons. The molecule has 0 aromatic heterocycles. The lowest BCUT2D eigenvalue weighted by molar-refractivity contribution is -0.120. The Morgan fingerprint density at radius 1 is 0.677 bits per heavy atom. The van der Waals surface area contributed by atoms with Gasteiger partial charge in [0.25, 0.3) is 11.8 Å². The molecular weight excluding hydrogens is 384 g/mol. The van der Waals surface area contributed by atoms with Gasteiger partial charge in [-0.15, -0.1) is 0 Å². The van der Waals surface area contributed by atoms with Gasteiger partial charge in [0.05, 0.1) is 11.3 Å². The van der Waals surface area contributed by atoms with Crippen molar-refractivity contribution in [3.63, 3.8) is 0 Å². The van der Waals surface area contributed by atoms with Gasteiger partial charge in [0.2, 0.25) is 0 Å². The van der Waals surface area contributed by atoms with E-state index in [2.05, 4.69) is 5.32 Å². The van der Waals surface area contributed by atoms with E-state index in [9.17, 15) is 9.59 Å². The first-order valence-corrected chi connectivity index (χ1v) is 10.4. The third-order valence-corrected chi connectivity index (χ3v) is 5.89. The number of imide groups is 1. The van der Waals surface area contributed by atoms with Crippen molar-refractivity contribution in [1.29, 1.82) is 0 Å². The fraction of sp³-hybridized carbons (Fsp3) is 0.185. The summed E-state index contributed by atoms with van der Waals surface area (Å²) in [6, 6.07) is 19.4. The van der Waals surface area contributed by atoms with Gasteiger partial charge in [0.1, 0.15) is 5.70 Å². The molecule has 3 aromatic carbocycles. The van der Waals surface area contributed by atoms with Crippen LogP contribution in [0.25, 0.3) is 5.57 Å². The minimum atomic E-state index is -0.338. The van der Waals surface area contributed by atoms with Gasteiger partial charge in [-0.2, -0.15) is 0 Å². The fourth-order valence-electron chi connectivity index (χ4n) is 3.84. The summed E-state index contributed by atoms with van der Waals surface area (Å²) < 4.78 is 0. The van der Waals surface area contributed by atoms with Gasteiger partial charge in [0.15, 0.2) is 0 Å². The van der Waals surface area contributed by atoms with Crippen molar-refractivity contribution in [2.24, 2.45) is 0 Å². The Morgan fingerprint density at radius 2 is 1.39 bits per heavy atom. The molecule has 0 fully saturated rings. The highest BCUT2D eigenvalue weighted by Gasteiger charge is 2.41. The molecule has 0 saturated carbocycles. The number of para-hydroxylation sites is 1. The van der Waals surface area contributed by atoms with Crippen LogP contribution in [0.2, 0.25) is 0 Å². The third kappa shape index (κ3) is 3.66. The van der Waals surface area contributed by atoms with Crippen LogP contribution in [0.3, 0.4) is 0 Å². The Bertz CT molecular complexity index is 1250. The zero-order chi connectivity index (χ0) is 22.3. The molecule has 1 aliphatic heterocycles. The van der Waals surface area contributed by atoms with Crippen LogP contribution < -0.4 is 10.2 Å². The second-order valence-corrected chi connectivity index (χ2v) is 8.22. The van der Waals surface area contributed by atoms with Crippen molar-refractivity contribution in [2.45, 2.75) is 34.6 Å². The number of aryl methyl sites for hydroxylation is 5. The van der Waals surface area contributed by atoms with Crippen LogP contribution in [0, 0.1) is 34.6 Å². The van der Waals surface area contributed by atoms with Gasteiger partial charge in [-0.05, 0) is 80.1 Å². The lowest BCUT2D eigenvalue weighted by Crippen LogP contribution is -2.33. The van der Waals surface area contributed by atoms with Crippen molar-refractivity contribution in [3.05, 3.63) is 99.7 Å². The van der Waals surface area contributed by atoms with E-state index in [1.807, 2.05) is 95.3 Å². The number of nitrogens with zero attached hydrogens (tertiary/aromatic N) is 1. The van der Waals surface area contributed by atoms with Crippen molar-refractivity contribution in [1.82, 2.24) is 0 Å². The molecule has 1 N–H and O–H groups in total. The highest BCUT2D eigenvalue weighted by Crippen LogP contribution is 2.36. The zero-order valence-electron chi connectivity index (χ0n) is 18.5. The largest absolute Gasteiger partial charge is 0.350 e. The van der Waals surface area contributed by atoms with Crippen LogP contribution in [-0.2, 0) is 9.59 Å². The van der Waals surface area contributed by atoms with Crippen LogP contribution in [0.15, 0.2) is 66.4 Å². The van der Waals surface area contributed by atoms with Crippen LogP contribution in [0.5, 0.6) is 0 Å². The minimum Gasteiger partial charge on any atom is -0.350 e. The fourth-order valence-corrected chi connectivity index (χ4v) is 3.84. The number of rotatable bonds is 4. The summed E-state index contributed by atoms with van der Waals surface area (Å²) in [5, 5.41) is 3.27. The minimum absolute atomic E-state index is 0.307. The Balaban J connectivity index is 1.89. The van der Waals surface area contributed by atoms with Crippen LogP contribution >= 0.6 is 0 Å². The van der Waals surface area contributed by atoms with Crippen molar-refractivity contribution < 1.29 is 9.59 Å². The highest BCUT2D eigenvalue weighted by atomic mass is 16.2. The SMILES string of the molecule is Cc1ccc(C)c(N2C(=O)C(Nc3ccccc3C)=C(c3ccc(C)c(C)c3)C2=O)c1. The first-order valence-electron chi connectivity index (χ1n) is 10.4. The topological polar surface area (TPSA) is 49.4 Å². The van der Waals surface area contributed by atoms with Crippen LogP contribution in [-0.4, -0.2) is 11.8 Å². The average Bonchev–Trinajstić information content (AvgIpc) is 2.97. The normalized spacial score (nSPS) is 13.9. The number of amides is 2. The molecular formula is C27H26N2O2. The molecule has 0 aliphatic carbocycles. The van der Waals surface area contributed by atoms with Gasteiger partial charge in [-0.1, -0.05) is 48.5 Å². The molecule has 3 aromatic rings. The van der Waals surface area contributed by atoms with Crippen molar-refractivity contribution in [3.8, 4) is 0 Å². The number of benzene rings is 3. The summed E-state index contributed by atoms with van der Waals surface area (Å²) in [6.07, 6.45) is 0. The van der Waals surface area contributed by atoms with E-state index in [4.69, 9.17) is 0 Å². The standard InChI is InChI=1S/C27H26N2O2/c1-16-10-11-19(4)23(14-16)29-26(30)24(21-13-12-17(2)20(5)15-21)25(27(29)31)28-22-9-7-6-8-18(22)3/h6-15,28H,1-5H3. The molecule has 4 nitrogen and oxygen atoms in total. The smallest absolute Gasteiger partial charge is 0.282 e. The number of nitrogens with one attached hydrogen (secondary N) is 1. The molecule has 0 bridgehead atoms.